The molecule has 0 radical (unpaired) electrons. The molecule has 122 valence electrons. The SMILES string of the molecule is C#CCCC[C@H](NC(=O)CNC(=O)c1ccccc1)C(=O)OC. The molecule has 0 spiro atoms. The Morgan fingerprint density at radius 2 is 1.96 bits per heavy atom. The third-order valence-electron chi connectivity index (χ3n) is 3.08. The monoisotopic (exact) mass is 316 g/mol. The molecule has 0 fully saturated rings. The van der Waals surface area contributed by atoms with Gasteiger partial charge in [-0.25, -0.2) is 4.79 Å². The average molecular weight is 316 g/mol. The fourth-order valence-corrected chi connectivity index (χ4v) is 1.90. The molecule has 0 aliphatic rings. The Hall–Kier alpha value is -2.81. The minimum absolute atomic E-state index is 0.226. The van der Waals surface area contributed by atoms with Gasteiger partial charge in [0.1, 0.15) is 6.04 Å². The number of methoxy groups -OCH3 is 1. The summed E-state index contributed by atoms with van der Waals surface area (Å²) in [6.45, 7) is -0.226. The van der Waals surface area contributed by atoms with Crippen LogP contribution in [0.5, 0.6) is 0 Å². The molecule has 0 aromatic heterocycles. The summed E-state index contributed by atoms with van der Waals surface area (Å²) in [6, 6.07) is 7.77. The molecule has 23 heavy (non-hydrogen) atoms. The predicted molar refractivity (Wildman–Crippen MR) is 85.4 cm³/mol. The lowest BCUT2D eigenvalue weighted by Gasteiger charge is -2.16. The van der Waals surface area contributed by atoms with E-state index >= 15 is 0 Å². The number of nitrogens with one attached hydrogen (secondary N) is 2. The molecule has 1 aromatic carbocycles. The van der Waals surface area contributed by atoms with Crippen LogP contribution in [0.1, 0.15) is 29.6 Å². The summed E-state index contributed by atoms with van der Waals surface area (Å²) in [6.07, 6.45) is 6.64. The van der Waals surface area contributed by atoms with Crippen LogP contribution < -0.4 is 10.6 Å². The van der Waals surface area contributed by atoms with Gasteiger partial charge in [0, 0.05) is 12.0 Å². The lowest BCUT2D eigenvalue weighted by Crippen LogP contribution is -2.46. The van der Waals surface area contributed by atoms with E-state index in [1.165, 1.54) is 7.11 Å². The molecule has 0 heterocycles. The van der Waals surface area contributed by atoms with Crippen LogP contribution in [0.3, 0.4) is 0 Å². The van der Waals surface area contributed by atoms with Crippen LogP contribution >= 0.6 is 0 Å². The van der Waals surface area contributed by atoms with Crippen molar-refractivity contribution in [3.05, 3.63) is 35.9 Å². The number of hydrogen-bond acceptors (Lipinski definition) is 4. The van der Waals surface area contributed by atoms with E-state index in [2.05, 4.69) is 21.3 Å². The maximum absolute atomic E-state index is 11.9. The average Bonchev–Trinajstić information content (AvgIpc) is 2.59. The second-order valence-corrected chi connectivity index (χ2v) is 4.79. The number of benzene rings is 1. The Balaban J connectivity index is 2.47. The van der Waals surface area contributed by atoms with E-state index in [0.29, 0.717) is 24.8 Å². The van der Waals surface area contributed by atoms with E-state index in [4.69, 9.17) is 6.42 Å². The Morgan fingerprint density at radius 3 is 2.57 bits per heavy atom. The number of hydrogen-bond donors (Lipinski definition) is 2. The zero-order valence-corrected chi connectivity index (χ0v) is 13.0. The van der Waals surface area contributed by atoms with E-state index < -0.39 is 17.9 Å². The number of esters is 1. The maximum atomic E-state index is 11.9. The molecule has 1 aromatic rings. The highest BCUT2D eigenvalue weighted by atomic mass is 16.5. The van der Waals surface area contributed by atoms with Gasteiger partial charge in [0.25, 0.3) is 5.91 Å². The van der Waals surface area contributed by atoms with Crippen LogP contribution in [0.2, 0.25) is 0 Å². The molecule has 1 atom stereocenters. The molecule has 0 saturated carbocycles. The topological polar surface area (TPSA) is 84.5 Å². The molecule has 1 rings (SSSR count). The first kappa shape index (κ1) is 18.2. The largest absolute Gasteiger partial charge is 0.467 e. The zero-order valence-electron chi connectivity index (χ0n) is 13.0. The summed E-state index contributed by atoms with van der Waals surface area (Å²) < 4.78 is 4.65. The quantitative estimate of drug-likeness (QED) is 0.423. The first-order valence-electron chi connectivity index (χ1n) is 7.22. The van der Waals surface area contributed by atoms with Crippen molar-refractivity contribution in [3.63, 3.8) is 0 Å². The fraction of sp³-hybridized carbons (Fsp3) is 0.353. The van der Waals surface area contributed by atoms with Crippen molar-refractivity contribution in [2.45, 2.75) is 25.3 Å². The van der Waals surface area contributed by atoms with Crippen LogP contribution in [0.4, 0.5) is 0 Å². The molecule has 6 heteroatoms. The summed E-state index contributed by atoms with van der Waals surface area (Å²) in [4.78, 5) is 35.3. The first-order chi connectivity index (χ1) is 11.1. The van der Waals surface area contributed by atoms with Gasteiger partial charge in [-0.15, -0.1) is 12.3 Å². The zero-order chi connectivity index (χ0) is 17.1. The van der Waals surface area contributed by atoms with E-state index in [0.717, 1.165) is 0 Å². The van der Waals surface area contributed by atoms with E-state index in [1.54, 1.807) is 30.3 Å². The molecule has 0 aliphatic heterocycles. The minimum atomic E-state index is -0.769. The second kappa shape index (κ2) is 10.0. The molecule has 2 amide bonds. The normalized spacial score (nSPS) is 11.0. The Labute approximate surface area is 135 Å². The van der Waals surface area contributed by atoms with Gasteiger partial charge in [0.05, 0.1) is 13.7 Å². The van der Waals surface area contributed by atoms with E-state index in [9.17, 15) is 14.4 Å². The third kappa shape index (κ3) is 6.66. The molecule has 0 bridgehead atoms. The highest BCUT2D eigenvalue weighted by Crippen LogP contribution is 2.02. The van der Waals surface area contributed by atoms with Gasteiger partial charge in [-0.05, 0) is 25.0 Å². The molecule has 0 saturated heterocycles. The van der Waals surface area contributed by atoms with Gasteiger partial charge in [0.15, 0.2) is 0 Å². The number of carbonyl (C=O) groups is 3. The minimum Gasteiger partial charge on any atom is -0.467 e. The van der Waals surface area contributed by atoms with Crippen molar-refractivity contribution in [1.82, 2.24) is 10.6 Å². The van der Waals surface area contributed by atoms with Gasteiger partial charge in [0.2, 0.25) is 5.91 Å². The maximum Gasteiger partial charge on any atom is 0.328 e. The molecule has 0 aliphatic carbocycles. The van der Waals surface area contributed by atoms with E-state index in [-0.39, 0.29) is 12.5 Å². The van der Waals surface area contributed by atoms with Crippen LogP contribution in [0.25, 0.3) is 0 Å². The highest BCUT2D eigenvalue weighted by molar-refractivity contribution is 5.96. The van der Waals surface area contributed by atoms with Crippen LogP contribution in [0, 0.1) is 12.3 Å². The summed E-state index contributed by atoms with van der Waals surface area (Å²) in [5.41, 5.74) is 0.457. The highest BCUT2D eigenvalue weighted by Gasteiger charge is 2.21. The van der Waals surface area contributed by atoms with Crippen LogP contribution in [-0.2, 0) is 14.3 Å². The van der Waals surface area contributed by atoms with Gasteiger partial charge in [-0.2, -0.15) is 0 Å². The predicted octanol–water partition coefficient (Wildman–Crippen LogP) is 0.878. The Kier molecular flexibility index (Phi) is 7.94. The summed E-state index contributed by atoms with van der Waals surface area (Å²) in [5, 5.41) is 5.03. The molecular weight excluding hydrogens is 296 g/mol. The van der Waals surface area contributed by atoms with Gasteiger partial charge in [-0.3, -0.25) is 9.59 Å². The first-order valence-corrected chi connectivity index (χ1v) is 7.22. The van der Waals surface area contributed by atoms with Crippen molar-refractivity contribution in [2.24, 2.45) is 0 Å². The molecule has 2 N–H and O–H groups in total. The van der Waals surface area contributed by atoms with Crippen molar-refractivity contribution in [1.29, 1.82) is 0 Å². The number of carbonyl (C=O) groups excluding carboxylic acids is 3. The lowest BCUT2D eigenvalue weighted by molar-refractivity contribution is -0.145. The summed E-state index contributed by atoms with van der Waals surface area (Å²) >= 11 is 0. The van der Waals surface area contributed by atoms with Gasteiger partial charge in [-0.1, -0.05) is 18.2 Å². The third-order valence-corrected chi connectivity index (χ3v) is 3.08. The van der Waals surface area contributed by atoms with Gasteiger partial charge >= 0.3 is 5.97 Å². The number of amides is 2. The Morgan fingerprint density at radius 1 is 1.26 bits per heavy atom. The Bertz CT molecular complexity index is 578. The second-order valence-electron chi connectivity index (χ2n) is 4.79. The van der Waals surface area contributed by atoms with E-state index in [1.807, 2.05) is 0 Å². The lowest BCUT2D eigenvalue weighted by atomic mass is 10.1. The van der Waals surface area contributed by atoms with Crippen LogP contribution in [0.15, 0.2) is 30.3 Å². The smallest absolute Gasteiger partial charge is 0.328 e. The number of unbranched alkanes of at least 4 members (excludes halogenated alkanes) is 1. The molecule has 6 nitrogen and oxygen atoms in total. The standard InChI is InChI=1S/C17H20N2O4/c1-3-4-6-11-14(17(22)23-2)19-15(20)12-18-16(21)13-9-7-5-8-10-13/h1,5,7-10,14H,4,6,11-12H2,2H3,(H,18,21)(H,19,20)/t14-/m0/s1. The summed E-state index contributed by atoms with van der Waals surface area (Å²) in [7, 11) is 1.25. The molecular formula is C17H20N2O4. The number of terminal acetylenes is 1. The van der Waals surface area contributed by atoms with Gasteiger partial charge < -0.3 is 15.4 Å². The number of rotatable bonds is 8. The van der Waals surface area contributed by atoms with Crippen molar-refractivity contribution in [3.8, 4) is 12.3 Å². The van der Waals surface area contributed by atoms with Crippen molar-refractivity contribution in [2.75, 3.05) is 13.7 Å². The number of ether oxygens (including phenoxy) is 1. The fourth-order valence-electron chi connectivity index (χ4n) is 1.90. The van der Waals surface area contributed by atoms with Crippen LogP contribution in [-0.4, -0.2) is 37.5 Å². The van der Waals surface area contributed by atoms with Crippen molar-refractivity contribution < 1.29 is 19.1 Å². The molecule has 0 unspecified atom stereocenters. The summed E-state index contributed by atoms with van der Waals surface area (Å²) in [5.74, 6) is 1.11. The van der Waals surface area contributed by atoms with Crippen molar-refractivity contribution >= 4 is 17.8 Å².